The first-order valence-electron chi connectivity index (χ1n) is 8.62. The van der Waals surface area contributed by atoms with Gasteiger partial charge in [-0.1, -0.05) is 11.3 Å². The van der Waals surface area contributed by atoms with E-state index in [0.29, 0.717) is 10.2 Å². The van der Waals surface area contributed by atoms with Crippen molar-refractivity contribution in [3.8, 4) is 0 Å². The Morgan fingerprint density at radius 2 is 1.87 bits per heavy atom. The number of hydrogen-bond acceptors (Lipinski definition) is 9. The zero-order valence-electron chi connectivity index (χ0n) is 16.3. The van der Waals surface area contributed by atoms with Crippen LogP contribution in [0.15, 0.2) is 47.4 Å². The van der Waals surface area contributed by atoms with Gasteiger partial charge in [-0.15, -0.1) is 0 Å². The first-order chi connectivity index (χ1) is 14.6. The van der Waals surface area contributed by atoms with Crippen LogP contribution in [0.25, 0.3) is 10.2 Å². The maximum absolute atomic E-state index is 12.1. The first kappa shape index (κ1) is 22.3. The van der Waals surface area contributed by atoms with Gasteiger partial charge < -0.3 is 4.74 Å². The summed E-state index contributed by atoms with van der Waals surface area (Å²) in [7, 11) is -0.841. The lowest BCUT2D eigenvalue weighted by molar-refractivity contribution is -0.384. The Morgan fingerprint density at radius 3 is 2.48 bits per heavy atom. The van der Waals surface area contributed by atoms with Gasteiger partial charge in [-0.3, -0.25) is 20.2 Å². The number of anilines is 1. The molecule has 0 radical (unpaired) electrons. The van der Waals surface area contributed by atoms with Crippen LogP contribution >= 0.6 is 11.3 Å². The summed E-state index contributed by atoms with van der Waals surface area (Å²) >= 11 is 1.05. The Morgan fingerprint density at radius 1 is 1.19 bits per heavy atom. The third-order valence-corrected chi connectivity index (χ3v) is 6.80. The molecule has 2 aromatic carbocycles. The second-order valence-corrected chi connectivity index (χ2v) is 9.55. The van der Waals surface area contributed by atoms with Crippen molar-refractivity contribution in [2.75, 3.05) is 26.0 Å². The molecule has 11 nitrogen and oxygen atoms in total. The van der Waals surface area contributed by atoms with Crippen molar-refractivity contribution < 1.29 is 27.7 Å². The number of sulfonamides is 1. The lowest BCUT2D eigenvalue weighted by Gasteiger charge is -2.11. The number of nitro benzene ring substituents is 1. The molecule has 0 atom stereocenters. The van der Waals surface area contributed by atoms with Gasteiger partial charge in [-0.2, -0.15) is 0 Å². The number of esters is 1. The highest BCUT2D eigenvalue weighted by Crippen LogP contribution is 2.29. The van der Waals surface area contributed by atoms with Gasteiger partial charge in [0.25, 0.3) is 11.6 Å². The molecular weight excluding hydrogens is 448 g/mol. The van der Waals surface area contributed by atoms with Crippen molar-refractivity contribution in [1.29, 1.82) is 0 Å². The van der Waals surface area contributed by atoms with Crippen LogP contribution in [-0.2, 0) is 19.6 Å². The molecule has 0 aliphatic rings. The van der Waals surface area contributed by atoms with E-state index >= 15 is 0 Å². The monoisotopic (exact) mass is 464 g/mol. The molecule has 0 bridgehead atoms. The van der Waals surface area contributed by atoms with E-state index in [2.05, 4.69) is 10.3 Å². The first-order valence-corrected chi connectivity index (χ1v) is 10.9. The fourth-order valence-corrected chi connectivity index (χ4v) is 4.24. The number of nitro groups is 1. The van der Waals surface area contributed by atoms with Gasteiger partial charge in [0.15, 0.2) is 11.7 Å². The lowest BCUT2D eigenvalue weighted by atomic mass is 10.2. The van der Waals surface area contributed by atoms with Crippen LogP contribution in [-0.4, -0.2) is 55.2 Å². The average molecular weight is 464 g/mol. The number of nitrogens with one attached hydrogen (secondary N) is 1. The average Bonchev–Trinajstić information content (AvgIpc) is 3.13. The van der Waals surface area contributed by atoms with Gasteiger partial charge in [-0.25, -0.2) is 22.5 Å². The fraction of sp³-hybridized carbons (Fsp3) is 0.167. The second-order valence-electron chi connectivity index (χ2n) is 6.36. The Kier molecular flexibility index (Phi) is 6.29. The Hall–Kier alpha value is -3.42. The lowest BCUT2D eigenvalue weighted by Crippen LogP contribution is -2.22. The molecule has 0 spiro atoms. The molecule has 0 fully saturated rings. The van der Waals surface area contributed by atoms with Gasteiger partial charge in [0.1, 0.15) is 0 Å². The van der Waals surface area contributed by atoms with E-state index in [9.17, 15) is 28.1 Å². The molecule has 0 aliphatic carbocycles. The van der Waals surface area contributed by atoms with Crippen molar-refractivity contribution >= 4 is 54.3 Å². The van der Waals surface area contributed by atoms with Crippen LogP contribution in [0.1, 0.15) is 10.4 Å². The fourth-order valence-electron chi connectivity index (χ4n) is 2.42. The summed E-state index contributed by atoms with van der Waals surface area (Å²) in [5.41, 5.74) is 0.473. The quantitative estimate of drug-likeness (QED) is 0.318. The molecule has 0 saturated carbocycles. The third-order valence-electron chi connectivity index (χ3n) is 4.03. The van der Waals surface area contributed by atoms with E-state index in [-0.39, 0.29) is 21.3 Å². The molecule has 162 valence electrons. The zero-order chi connectivity index (χ0) is 22.8. The minimum Gasteiger partial charge on any atom is -0.452 e. The Bertz CT molecular complexity index is 1270. The molecule has 1 aromatic heterocycles. The summed E-state index contributed by atoms with van der Waals surface area (Å²) in [4.78, 5) is 38.6. The molecule has 0 aliphatic heterocycles. The Labute approximate surface area is 180 Å². The van der Waals surface area contributed by atoms with Crippen LogP contribution in [0.5, 0.6) is 0 Å². The van der Waals surface area contributed by atoms with E-state index < -0.39 is 33.4 Å². The predicted molar refractivity (Wildman–Crippen MR) is 113 cm³/mol. The summed E-state index contributed by atoms with van der Waals surface area (Å²) in [6.45, 7) is -0.591. The molecule has 0 saturated heterocycles. The molecule has 13 heteroatoms. The van der Waals surface area contributed by atoms with Crippen molar-refractivity contribution in [3.63, 3.8) is 0 Å². The number of ether oxygens (including phenoxy) is 1. The number of hydrogen-bond donors (Lipinski definition) is 1. The van der Waals surface area contributed by atoms with Crippen molar-refractivity contribution in [1.82, 2.24) is 9.29 Å². The van der Waals surface area contributed by atoms with E-state index in [0.717, 1.165) is 15.6 Å². The number of fused-ring (bicyclic) bond motifs is 1. The number of amides is 1. The number of rotatable bonds is 7. The molecule has 1 N–H and O–H groups in total. The predicted octanol–water partition coefficient (Wildman–Crippen LogP) is 2.25. The minimum atomic E-state index is -3.62. The summed E-state index contributed by atoms with van der Waals surface area (Å²) < 4.78 is 30.6. The number of carbonyl (C=O) groups excluding carboxylic acids is 2. The second kappa shape index (κ2) is 8.75. The van der Waals surface area contributed by atoms with E-state index in [4.69, 9.17) is 4.74 Å². The SMILES string of the molecule is CN(C)S(=O)(=O)c1ccc(C(=O)OCC(=O)Nc2nc3ccc([N+](=O)[O-])cc3s2)cc1. The van der Waals surface area contributed by atoms with E-state index in [1.807, 2.05) is 0 Å². The Balaban J connectivity index is 1.60. The van der Waals surface area contributed by atoms with Crippen LogP contribution < -0.4 is 5.32 Å². The minimum absolute atomic E-state index is 0.0165. The number of thiazole rings is 1. The summed E-state index contributed by atoms with van der Waals surface area (Å²) in [6, 6.07) is 9.25. The third kappa shape index (κ3) is 5.02. The maximum Gasteiger partial charge on any atom is 0.338 e. The van der Waals surface area contributed by atoms with Gasteiger partial charge in [0.05, 0.1) is 25.6 Å². The van der Waals surface area contributed by atoms with E-state index in [1.54, 1.807) is 0 Å². The normalized spacial score (nSPS) is 11.5. The number of benzene rings is 2. The zero-order valence-corrected chi connectivity index (χ0v) is 17.9. The molecule has 1 amide bonds. The highest BCUT2D eigenvalue weighted by Gasteiger charge is 2.18. The maximum atomic E-state index is 12.1. The van der Waals surface area contributed by atoms with Crippen LogP contribution in [0.4, 0.5) is 10.8 Å². The van der Waals surface area contributed by atoms with Crippen molar-refractivity contribution in [3.05, 3.63) is 58.1 Å². The van der Waals surface area contributed by atoms with Crippen LogP contribution in [0.2, 0.25) is 0 Å². The van der Waals surface area contributed by atoms with Crippen LogP contribution in [0.3, 0.4) is 0 Å². The molecule has 31 heavy (non-hydrogen) atoms. The molecule has 0 unspecified atom stereocenters. The standard InChI is InChI=1S/C18H16N4O7S2/c1-21(2)31(27,28)13-6-3-11(4-7-13)17(24)29-10-16(23)20-18-19-14-8-5-12(22(25)26)9-15(14)30-18/h3-9H,10H2,1-2H3,(H,19,20,23). The van der Waals surface area contributed by atoms with Crippen molar-refractivity contribution in [2.24, 2.45) is 0 Å². The van der Waals surface area contributed by atoms with Gasteiger partial charge in [0, 0.05) is 26.2 Å². The molecule has 3 aromatic rings. The highest BCUT2D eigenvalue weighted by atomic mass is 32.2. The number of carbonyl (C=O) groups is 2. The number of non-ortho nitro benzene ring substituents is 1. The summed E-state index contributed by atoms with van der Waals surface area (Å²) in [5.74, 6) is -1.45. The molecule has 1 heterocycles. The summed E-state index contributed by atoms with van der Waals surface area (Å²) in [5, 5.41) is 13.5. The topological polar surface area (TPSA) is 149 Å². The van der Waals surface area contributed by atoms with E-state index in [1.165, 1.54) is 56.6 Å². The summed E-state index contributed by atoms with van der Waals surface area (Å²) in [6.07, 6.45) is 0. The van der Waals surface area contributed by atoms with Crippen LogP contribution in [0, 0.1) is 10.1 Å². The largest absolute Gasteiger partial charge is 0.452 e. The van der Waals surface area contributed by atoms with Gasteiger partial charge >= 0.3 is 5.97 Å². The molecule has 3 rings (SSSR count). The van der Waals surface area contributed by atoms with Gasteiger partial charge in [-0.05, 0) is 30.3 Å². The highest BCUT2D eigenvalue weighted by molar-refractivity contribution is 7.89. The number of aromatic nitrogens is 1. The number of nitrogens with zero attached hydrogens (tertiary/aromatic N) is 3. The van der Waals surface area contributed by atoms with Gasteiger partial charge in [0.2, 0.25) is 10.0 Å². The smallest absolute Gasteiger partial charge is 0.338 e. The molecular formula is C18H16N4O7S2. The van der Waals surface area contributed by atoms with Crippen molar-refractivity contribution in [2.45, 2.75) is 4.90 Å².